The van der Waals surface area contributed by atoms with Crippen LogP contribution in [-0.2, 0) is 28.7 Å². The van der Waals surface area contributed by atoms with E-state index in [9.17, 15) is 13.2 Å². The van der Waals surface area contributed by atoms with Crippen molar-refractivity contribution in [2.45, 2.75) is 25.6 Å². The lowest BCUT2D eigenvalue weighted by Gasteiger charge is -2.29. The van der Waals surface area contributed by atoms with Gasteiger partial charge in [0.15, 0.2) is 0 Å². The van der Waals surface area contributed by atoms with Gasteiger partial charge in [-0.3, -0.25) is 9.52 Å². The molecule has 0 spiro atoms. The number of sulfonamides is 1. The zero-order valence-electron chi connectivity index (χ0n) is 16.1. The molecule has 29 heavy (non-hydrogen) atoms. The maximum atomic E-state index is 12.6. The van der Waals surface area contributed by atoms with Crippen molar-refractivity contribution in [2.24, 2.45) is 0 Å². The zero-order valence-corrected chi connectivity index (χ0v) is 17.7. The number of nitrogens with one attached hydrogen (secondary N) is 1. The lowest BCUT2D eigenvalue weighted by atomic mass is 9.99. The molecular formula is C22H22N2O3S2. The smallest absolute Gasteiger partial charge is 0.264 e. The van der Waals surface area contributed by atoms with E-state index in [-0.39, 0.29) is 11.7 Å². The normalized spacial score (nSPS) is 13.8. The van der Waals surface area contributed by atoms with E-state index in [4.69, 9.17) is 0 Å². The Kier molecular flexibility index (Phi) is 5.43. The topological polar surface area (TPSA) is 66.5 Å². The number of carbonyl (C=O) groups excluding carboxylic acids is 1. The number of aryl methyl sites for hydroxylation is 1. The molecule has 0 fully saturated rings. The molecule has 1 aliphatic rings. The monoisotopic (exact) mass is 426 g/mol. The summed E-state index contributed by atoms with van der Waals surface area (Å²) in [6, 6.07) is 16.8. The van der Waals surface area contributed by atoms with E-state index < -0.39 is 10.0 Å². The molecule has 5 nitrogen and oxygen atoms in total. The van der Waals surface area contributed by atoms with Crippen LogP contribution in [0, 0.1) is 6.92 Å². The first-order chi connectivity index (χ1) is 13.9. The molecule has 2 heterocycles. The number of carbonyl (C=O) groups is 1. The van der Waals surface area contributed by atoms with Crippen molar-refractivity contribution >= 4 is 33.0 Å². The maximum absolute atomic E-state index is 12.6. The van der Waals surface area contributed by atoms with E-state index >= 15 is 0 Å². The number of thiophene rings is 1. The predicted molar refractivity (Wildman–Crippen MR) is 117 cm³/mol. The minimum absolute atomic E-state index is 0.0242. The number of amides is 1. The van der Waals surface area contributed by atoms with E-state index in [1.54, 1.807) is 6.07 Å². The molecule has 0 radical (unpaired) electrons. The Morgan fingerprint density at radius 2 is 1.93 bits per heavy atom. The summed E-state index contributed by atoms with van der Waals surface area (Å²) >= 11 is 1.44. The summed E-state index contributed by atoms with van der Waals surface area (Å²) in [5.41, 5.74) is 4.40. The van der Waals surface area contributed by atoms with Crippen LogP contribution in [-0.4, -0.2) is 25.8 Å². The third-order valence-corrected chi connectivity index (χ3v) is 7.21. The second-order valence-corrected chi connectivity index (χ2v) is 9.90. The fraction of sp³-hybridized carbons (Fsp3) is 0.227. The zero-order chi connectivity index (χ0) is 20.4. The maximum Gasteiger partial charge on any atom is 0.264 e. The van der Waals surface area contributed by atoms with E-state index in [2.05, 4.69) is 4.72 Å². The summed E-state index contributed by atoms with van der Waals surface area (Å²) in [5.74, 6) is -0.0454. The van der Waals surface area contributed by atoms with Crippen LogP contribution >= 0.6 is 11.3 Å². The summed E-state index contributed by atoms with van der Waals surface area (Å²) in [6.45, 7) is 3.06. The highest BCUT2D eigenvalue weighted by Gasteiger charge is 2.23. The fourth-order valence-electron chi connectivity index (χ4n) is 3.54. The molecule has 7 heteroatoms. The molecule has 0 bridgehead atoms. The Morgan fingerprint density at radius 1 is 1.10 bits per heavy atom. The van der Waals surface area contributed by atoms with Crippen molar-refractivity contribution in [2.75, 3.05) is 11.3 Å². The van der Waals surface area contributed by atoms with Crippen molar-refractivity contribution in [3.8, 4) is 0 Å². The minimum Gasteiger partial charge on any atom is -0.333 e. The van der Waals surface area contributed by atoms with Crippen LogP contribution in [0.2, 0.25) is 0 Å². The van der Waals surface area contributed by atoms with Gasteiger partial charge >= 0.3 is 0 Å². The van der Waals surface area contributed by atoms with Gasteiger partial charge < -0.3 is 4.90 Å². The van der Waals surface area contributed by atoms with Crippen LogP contribution in [0.15, 0.2) is 60.0 Å². The summed E-state index contributed by atoms with van der Waals surface area (Å²) in [6.07, 6.45) is 0.767. The van der Waals surface area contributed by atoms with Crippen molar-refractivity contribution in [1.29, 1.82) is 0 Å². The third kappa shape index (κ3) is 4.52. The van der Waals surface area contributed by atoms with E-state index in [1.807, 2.05) is 65.7 Å². The molecular weight excluding hydrogens is 404 g/mol. The number of hydrogen-bond acceptors (Lipinski definition) is 4. The van der Waals surface area contributed by atoms with Gasteiger partial charge in [0.2, 0.25) is 10.0 Å². The summed E-state index contributed by atoms with van der Waals surface area (Å²) in [4.78, 5) is 15.2. The van der Waals surface area contributed by atoms with E-state index in [1.165, 1.54) is 11.3 Å². The van der Waals surface area contributed by atoms with Crippen LogP contribution in [0.3, 0.4) is 0 Å². The van der Waals surface area contributed by atoms with Crippen molar-refractivity contribution in [1.82, 2.24) is 4.90 Å². The van der Waals surface area contributed by atoms with E-state index in [0.29, 0.717) is 18.8 Å². The molecule has 4 rings (SSSR count). The quantitative estimate of drug-likeness (QED) is 0.665. The Labute approximate surface area is 175 Å². The fourth-order valence-corrected chi connectivity index (χ4v) is 5.52. The Hall–Kier alpha value is -2.64. The Bertz CT molecular complexity index is 1140. The average Bonchev–Trinajstić information content (AvgIpc) is 3.23. The first-order valence-electron chi connectivity index (χ1n) is 9.41. The van der Waals surface area contributed by atoms with Gasteiger partial charge in [-0.25, -0.2) is 8.42 Å². The first kappa shape index (κ1) is 19.7. The molecule has 0 saturated carbocycles. The van der Waals surface area contributed by atoms with Crippen molar-refractivity contribution in [3.05, 3.63) is 87.1 Å². The van der Waals surface area contributed by atoms with E-state index in [0.717, 1.165) is 33.6 Å². The number of fused-ring (bicyclic) bond motifs is 1. The third-order valence-electron chi connectivity index (χ3n) is 5.12. The number of benzene rings is 2. The molecule has 0 atom stereocenters. The van der Waals surface area contributed by atoms with Crippen molar-refractivity contribution in [3.63, 3.8) is 0 Å². The first-order valence-corrected chi connectivity index (χ1v) is 11.9. The van der Waals surface area contributed by atoms with Gasteiger partial charge in [0, 0.05) is 18.8 Å². The lowest BCUT2D eigenvalue weighted by Crippen LogP contribution is -2.35. The van der Waals surface area contributed by atoms with Crippen LogP contribution in [0.1, 0.15) is 31.9 Å². The lowest BCUT2D eigenvalue weighted by molar-refractivity contribution is 0.0739. The van der Waals surface area contributed by atoms with Crippen molar-refractivity contribution < 1.29 is 13.2 Å². The van der Waals surface area contributed by atoms with Gasteiger partial charge in [-0.05, 0) is 59.2 Å². The molecule has 2 aromatic carbocycles. The largest absolute Gasteiger partial charge is 0.333 e. The molecule has 0 saturated heterocycles. The number of nitrogens with zero attached hydrogens (tertiary/aromatic N) is 1. The molecule has 1 aliphatic heterocycles. The molecule has 1 amide bonds. The average molecular weight is 427 g/mol. The second-order valence-electron chi connectivity index (χ2n) is 7.23. The number of anilines is 1. The van der Waals surface area contributed by atoms with Gasteiger partial charge in [-0.1, -0.05) is 36.4 Å². The predicted octanol–water partition coefficient (Wildman–Crippen LogP) is 4.20. The van der Waals surface area contributed by atoms with Crippen LogP contribution in [0.5, 0.6) is 0 Å². The Morgan fingerprint density at radius 3 is 2.69 bits per heavy atom. The second kappa shape index (κ2) is 8.00. The molecule has 0 aliphatic carbocycles. The molecule has 150 valence electrons. The van der Waals surface area contributed by atoms with Crippen LogP contribution in [0.25, 0.3) is 0 Å². The molecule has 0 unspecified atom stereocenters. The Balaban J connectivity index is 1.50. The minimum atomic E-state index is -3.53. The van der Waals surface area contributed by atoms with Gasteiger partial charge in [0.05, 0.1) is 10.6 Å². The molecule has 3 aromatic rings. The summed E-state index contributed by atoms with van der Waals surface area (Å²) < 4.78 is 28.0. The highest BCUT2D eigenvalue weighted by atomic mass is 32.2. The van der Waals surface area contributed by atoms with Crippen LogP contribution < -0.4 is 4.72 Å². The number of hydrogen-bond donors (Lipinski definition) is 1. The van der Waals surface area contributed by atoms with Crippen LogP contribution in [0.4, 0.5) is 5.69 Å². The number of rotatable bonds is 5. The molecule has 1 aromatic heterocycles. The van der Waals surface area contributed by atoms with Gasteiger partial charge in [0.1, 0.15) is 0 Å². The summed E-state index contributed by atoms with van der Waals surface area (Å²) in [7, 11) is -3.53. The summed E-state index contributed by atoms with van der Waals surface area (Å²) in [5, 5.41) is 1.90. The standard InChI is InChI=1S/C22H22N2O3S2/c1-16-5-2-3-6-18(16)15-29(26,27)23-20-9-8-17-10-11-24(14-19(17)13-20)22(25)21-7-4-12-28-21/h2-9,12-13,23H,10-11,14-15H2,1H3. The van der Waals surface area contributed by atoms with Gasteiger partial charge in [0.25, 0.3) is 5.91 Å². The van der Waals surface area contributed by atoms with Gasteiger partial charge in [-0.2, -0.15) is 0 Å². The van der Waals surface area contributed by atoms with Gasteiger partial charge in [-0.15, -0.1) is 11.3 Å². The highest BCUT2D eigenvalue weighted by molar-refractivity contribution is 7.91. The molecule has 1 N–H and O–H groups in total. The SMILES string of the molecule is Cc1ccccc1CS(=O)(=O)Nc1ccc2c(c1)CN(C(=O)c1cccs1)CC2. The highest BCUT2D eigenvalue weighted by Crippen LogP contribution is 2.25.